The molecular formula is C24H32O8. The van der Waals surface area contributed by atoms with Gasteiger partial charge >= 0.3 is 5.97 Å². The number of benzene rings is 1. The van der Waals surface area contributed by atoms with Gasteiger partial charge in [-0.1, -0.05) is 13.0 Å². The quantitative estimate of drug-likeness (QED) is 0.470. The van der Waals surface area contributed by atoms with E-state index in [4.69, 9.17) is 9.47 Å². The van der Waals surface area contributed by atoms with Crippen molar-refractivity contribution in [2.75, 3.05) is 0 Å². The number of phenolic OH excluding ortho intramolecular Hbond substituents is 1. The highest BCUT2D eigenvalue weighted by Crippen LogP contribution is 2.61. The van der Waals surface area contributed by atoms with Crippen LogP contribution in [0.5, 0.6) is 5.75 Å². The van der Waals surface area contributed by atoms with Crippen LogP contribution < -0.4 is 0 Å². The van der Waals surface area contributed by atoms with Crippen molar-refractivity contribution in [3.05, 3.63) is 29.3 Å². The number of aliphatic hydroxyl groups is 3. The van der Waals surface area contributed by atoms with Gasteiger partial charge in [0.1, 0.15) is 24.1 Å². The van der Waals surface area contributed by atoms with Crippen molar-refractivity contribution >= 4 is 5.97 Å². The van der Waals surface area contributed by atoms with Gasteiger partial charge in [0.25, 0.3) is 0 Å². The minimum atomic E-state index is -1.72. The van der Waals surface area contributed by atoms with Crippen molar-refractivity contribution in [3.8, 4) is 5.75 Å². The second kappa shape index (κ2) is 7.95. The highest BCUT2D eigenvalue weighted by Gasteiger charge is 2.57. The zero-order valence-electron chi connectivity index (χ0n) is 18.1. The Morgan fingerprint density at radius 3 is 2.62 bits per heavy atom. The van der Waals surface area contributed by atoms with Crippen molar-refractivity contribution in [1.82, 2.24) is 0 Å². The predicted molar refractivity (Wildman–Crippen MR) is 112 cm³/mol. The molecule has 10 unspecified atom stereocenters. The average Bonchev–Trinajstić information content (AvgIpc) is 3.09. The zero-order chi connectivity index (χ0) is 22.8. The van der Waals surface area contributed by atoms with Crippen LogP contribution in [0.4, 0.5) is 0 Å². The molecule has 1 aromatic rings. The molecule has 4 aliphatic rings. The van der Waals surface area contributed by atoms with Gasteiger partial charge in [-0.25, -0.2) is 4.79 Å². The Morgan fingerprint density at radius 2 is 1.88 bits per heavy atom. The van der Waals surface area contributed by atoms with Gasteiger partial charge in [0, 0.05) is 0 Å². The smallest absolute Gasteiger partial charge is 0.335 e. The number of hydrogen-bond acceptors (Lipinski definition) is 7. The standard InChI is InChI=1S/C24H32O8/c1-24-9-8-14-13-5-3-12(25)10-11(13)2-4-15(14)16(24)6-7-17(24)31-23-20(28)18(26)19(27)21(32-23)22(29)30/h3,5,10,14-21,23,25-28H,2,4,6-9H2,1H3,(H,29,30). The first-order chi connectivity index (χ1) is 15.2. The molecule has 2 saturated carbocycles. The summed E-state index contributed by atoms with van der Waals surface area (Å²) in [5.74, 6) is 0.312. The second-order valence-corrected chi connectivity index (χ2v) is 10.3. The third-order valence-electron chi connectivity index (χ3n) is 8.73. The summed E-state index contributed by atoms with van der Waals surface area (Å²) in [5.41, 5.74) is 2.45. The summed E-state index contributed by atoms with van der Waals surface area (Å²) in [7, 11) is 0. The molecule has 1 aliphatic heterocycles. The molecule has 5 rings (SSSR count). The van der Waals surface area contributed by atoms with E-state index in [1.807, 2.05) is 6.07 Å². The largest absolute Gasteiger partial charge is 0.508 e. The number of fused-ring (bicyclic) bond motifs is 5. The molecule has 1 aromatic carbocycles. The molecule has 3 fully saturated rings. The molecule has 5 N–H and O–H groups in total. The fourth-order valence-electron chi connectivity index (χ4n) is 7.07. The van der Waals surface area contributed by atoms with Crippen molar-refractivity contribution in [2.45, 2.75) is 88.2 Å². The normalized spacial score (nSPS) is 45.6. The monoisotopic (exact) mass is 448 g/mol. The lowest BCUT2D eigenvalue weighted by atomic mass is 9.55. The molecule has 176 valence electrons. The summed E-state index contributed by atoms with van der Waals surface area (Å²) in [5, 5.41) is 49.6. The van der Waals surface area contributed by atoms with Crippen molar-refractivity contribution < 1.29 is 39.8 Å². The number of aryl methyl sites for hydroxylation is 1. The van der Waals surface area contributed by atoms with Crippen LogP contribution >= 0.6 is 0 Å². The van der Waals surface area contributed by atoms with Crippen LogP contribution in [0.25, 0.3) is 0 Å². The van der Waals surface area contributed by atoms with Gasteiger partial charge in [0.2, 0.25) is 0 Å². The van der Waals surface area contributed by atoms with Gasteiger partial charge in [-0.05, 0) is 85.0 Å². The SMILES string of the molecule is CC12CCC3c4ccc(O)cc4CCC3C1CCC2OC1OC(C(=O)O)C(O)C(O)C1O. The molecule has 10 atom stereocenters. The van der Waals surface area contributed by atoms with E-state index < -0.39 is 36.7 Å². The Labute approximate surface area is 186 Å². The van der Waals surface area contributed by atoms with Crippen molar-refractivity contribution in [3.63, 3.8) is 0 Å². The number of carbonyl (C=O) groups is 1. The highest BCUT2D eigenvalue weighted by atomic mass is 16.7. The number of aromatic hydroxyl groups is 1. The molecule has 0 spiro atoms. The lowest BCUT2D eigenvalue weighted by Gasteiger charge is -2.51. The molecule has 0 aromatic heterocycles. The molecule has 0 radical (unpaired) electrons. The van der Waals surface area contributed by atoms with Crippen LogP contribution in [0, 0.1) is 17.3 Å². The van der Waals surface area contributed by atoms with E-state index in [2.05, 4.69) is 13.0 Å². The molecule has 0 amide bonds. The van der Waals surface area contributed by atoms with E-state index in [9.17, 15) is 30.3 Å². The number of rotatable bonds is 3. The number of phenols is 1. The second-order valence-electron chi connectivity index (χ2n) is 10.3. The number of aliphatic carboxylic acids is 1. The van der Waals surface area contributed by atoms with E-state index >= 15 is 0 Å². The predicted octanol–water partition coefficient (Wildman–Crippen LogP) is 1.53. The van der Waals surface area contributed by atoms with Crippen LogP contribution in [0.1, 0.15) is 56.1 Å². The maximum absolute atomic E-state index is 11.4. The topological polar surface area (TPSA) is 137 Å². The van der Waals surface area contributed by atoms with Crippen LogP contribution in [0.15, 0.2) is 18.2 Å². The number of hydrogen-bond donors (Lipinski definition) is 5. The Morgan fingerprint density at radius 1 is 1.09 bits per heavy atom. The third-order valence-corrected chi connectivity index (χ3v) is 8.73. The first-order valence-electron chi connectivity index (χ1n) is 11.6. The van der Waals surface area contributed by atoms with E-state index in [-0.39, 0.29) is 11.5 Å². The van der Waals surface area contributed by atoms with Crippen molar-refractivity contribution in [2.24, 2.45) is 17.3 Å². The number of carboxylic acids is 1. The number of ether oxygens (including phenoxy) is 2. The summed E-state index contributed by atoms with van der Waals surface area (Å²) in [4.78, 5) is 11.4. The zero-order valence-corrected chi connectivity index (χ0v) is 18.1. The van der Waals surface area contributed by atoms with Crippen LogP contribution in [0.3, 0.4) is 0 Å². The molecule has 0 bridgehead atoms. The van der Waals surface area contributed by atoms with E-state index in [1.54, 1.807) is 6.07 Å². The lowest BCUT2D eigenvalue weighted by molar-refractivity contribution is -0.312. The van der Waals surface area contributed by atoms with Gasteiger partial charge in [0.05, 0.1) is 6.10 Å². The van der Waals surface area contributed by atoms with E-state index in [1.165, 1.54) is 11.1 Å². The summed E-state index contributed by atoms with van der Waals surface area (Å²) in [6.07, 6.45) is -2.38. The van der Waals surface area contributed by atoms with Crippen LogP contribution in [0.2, 0.25) is 0 Å². The highest BCUT2D eigenvalue weighted by molar-refractivity contribution is 5.73. The molecule has 1 saturated heterocycles. The maximum atomic E-state index is 11.4. The number of carboxylic acid groups (broad SMARTS) is 1. The molecule has 8 heteroatoms. The van der Waals surface area contributed by atoms with Gasteiger partial charge in [-0.3, -0.25) is 0 Å². The molecule has 3 aliphatic carbocycles. The summed E-state index contributed by atoms with van der Waals surface area (Å²) >= 11 is 0. The van der Waals surface area contributed by atoms with Crippen LogP contribution in [-0.2, 0) is 20.7 Å². The molecule has 1 heterocycles. The Balaban J connectivity index is 1.34. The van der Waals surface area contributed by atoms with Gasteiger partial charge in [-0.15, -0.1) is 0 Å². The molecule has 8 nitrogen and oxygen atoms in total. The minimum Gasteiger partial charge on any atom is -0.508 e. The fraction of sp³-hybridized carbons (Fsp3) is 0.708. The molecule has 32 heavy (non-hydrogen) atoms. The summed E-state index contributed by atoms with van der Waals surface area (Å²) in [6, 6.07) is 5.73. The Hall–Kier alpha value is -1.71. The molecular weight excluding hydrogens is 416 g/mol. The van der Waals surface area contributed by atoms with Gasteiger partial charge < -0.3 is 35.0 Å². The Bertz CT molecular complexity index is 889. The summed E-state index contributed by atoms with van der Waals surface area (Å²) < 4.78 is 11.5. The van der Waals surface area contributed by atoms with Crippen LogP contribution in [-0.4, -0.2) is 68.3 Å². The minimum absolute atomic E-state index is 0.140. The average molecular weight is 449 g/mol. The van der Waals surface area contributed by atoms with Gasteiger partial charge in [-0.2, -0.15) is 0 Å². The fourth-order valence-corrected chi connectivity index (χ4v) is 7.07. The van der Waals surface area contributed by atoms with E-state index in [0.717, 1.165) is 38.5 Å². The Kier molecular flexibility index (Phi) is 5.49. The number of aliphatic hydroxyl groups excluding tert-OH is 3. The lowest BCUT2D eigenvalue weighted by Crippen LogP contribution is -2.61. The summed E-state index contributed by atoms with van der Waals surface area (Å²) in [6.45, 7) is 2.22. The third kappa shape index (κ3) is 3.35. The maximum Gasteiger partial charge on any atom is 0.335 e. The first-order valence-corrected chi connectivity index (χ1v) is 11.6. The first kappa shape index (κ1) is 22.1. The van der Waals surface area contributed by atoms with E-state index in [0.29, 0.717) is 23.5 Å². The van der Waals surface area contributed by atoms with Crippen molar-refractivity contribution in [1.29, 1.82) is 0 Å². The van der Waals surface area contributed by atoms with Gasteiger partial charge in [0.15, 0.2) is 12.4 Å².